The molecule has 0 fully saturated rings. The van der Waals surface area contributed by atoms with Crippen molar-refractivity contribution in [2.24, 2.45) is 5.73 Å². The summed E-state index contributed by atoms with van der Waals surface area (Å²) in [5, 5.41) is 4.15. The predicted molar refractivity (Wildman–Crippen MR) is 57.0 cm³/mol. The van der Waals surface area contributed by atoms with Crippen molar-refractivity contribution < 1.29 is 0 Å². The first kappa shape index (κ1) is 9.30. The molecule has 2 N–H and O–H groups in total. The van der Waals surface area contributed by atoms with Crippen molar-refractivity contribution in [1.29, 1.82) is 0 Å². The summed E-state index contributed by atoms with van der Waals surface area (Å²) in [4.78, 5) is 8.25. The quantitative estimate of drug-likeness (QED) is 0.831. The largest absolute Gasteiger partial charge is 0.321 e. The van der Waals surface area contributed by atoms with Crippen LogP contribution in [0.2, 0.25) is 0 Å². The molecule has 14 heavy (non-hydrogen) atoms. The van der Waals surface area contributed by atoms with Crippen LogP contribution in [-0.2, 0) is 6.42 Å². The average molecular weight is 205 g/mol. The minimum absolute atomic E-state index is 0.106. The predicted octanol–water partition coefficient (Wildman–Crippen LogP) is 1.78. The maximum absolute atomic E-state index is 5.97. The van der Waals surface area contributed by atoms with E-state index in [-0.39, 0.29) is 6.04 Å². The van der Waals surface area contributed by atoms with E-state index in [2.05, 4.69) is 21.4 Å². The van der Waals surface area contributed by atoms with E-state index in [1.165, 1.54) is 5.56 Å². The van der Waals surface area contributed by atoms with Gasteiger partial charge in [-0.1, -0.05) is 0 Å². The van der Waals surface area contributed by atoms with Crippen LogP contribution in [-0.4, -0.2) is 9.97 Å². The van der Waals surface area contributed by atoms with Crippen molar-refractivity contribution in [3.05, 3.63) is 46.7 Å². The normalized spacial score (nSPS) is 12.6. The zero-order valence-corrected chi connectivity index (χ0v) is 8.45. The molecule has 2 aromatic rings. The lowest BCUT2D eigenvalue weighted by Crippen LogP contribution is -2.15. The van der Waals surface area contributed by atoms with E-state index >= 15 is 0 Å². The number of hydrogen-bond acceptors (Lipinski definition) is 4. The maximum Gasteiger partial charge on any atom is 0.145 e. The first-order valence-electron chi connectivity index (χ1n) is 4.40. The Hall–Kier alpha value is -1.26. The molecule has 3 nitrogen and oxygen atoms in total. The zero-order valence-electron chi connectivity index (χ0n) is 7.63. The van der Waals surface area contributed by atoms with Gasteiger partial charge in [-0.2, -0.15) is 11.3 Å². The van der Waals surface area contributed by atoms with Gasteiger partial charge in [0, 0.05) is 12.4 Å². The van der Waals surface area contributed by atoms with E-state index in [1.54, 1.807) is 29.8 Å². The Bertz CT molecular complexity index is 372. The fourth-order valence-electron chi connectivity index (χ4n) is 1.26. The SMILES string of the molecule is NC(Cc1ccsc1)c1ncccn1. The minimum atomic E-state index is -0.106. The van der Waals surface area contributed by atoms with E-state index < -0.39 is 0 Å². The number of nitrogens with zero attached hydrogens (tertiary/aromatic N) is 2. The Labute approximate surface area is 86.6 Å². The summed E-state index contributed by atoms with van der Waals surface area (Å²) in [6.45, 7) is 0. The van der Waals surface area contributed by atoms with Gasteiger partial charge in [-0.25, -0.2) is 9.97 Å². The molecule has 4 heteroatoms. The van der Waals surface area contributed by atoms with Crippen LogP contribution < -0.4 is 5.73 Å². The Morgan fingerprint density at radius 3 is 2.79 bits per heavy atom. The fraction of sp³-hybridized carbons (Fsp3) is 0.200. The van der Waals surface area contributed by atoms with Crippen molar-refractivity contribution in [3.8, 4) is 0 Å². The standard InChI is InChI=1S/C10H11N3S/c11-9(6-8-2-5-14-7-8)10-12-3-1-4-13-10/h1-5,7,9H,6,11H2. The number of rotatable bonds is 3. The summed E-state index contributed by atoms with van der Waals surface area (Å²) in [6, 6.07) is 3.76. The van der Waals surface area contributed by atoms with Crippen LogP contribution in [0.4, 0.5) is 0 Å². The second-order valence-corrected chi connectivity index (χ2v) is 3.83. The molecular weight excluding hydrogens is 194 g/mol. The Morgan fingerprint density at radius 1 is 1.36 bits per heavy atom. The van der Waals surface area contributed by atoms with Crippen LogP contribution >= 0.6 is 11.3 Å². The first-order valence-corrected chi connectivity index (χ1v) is 5.34. The molecular formula is C10H11N3S. The van der Waals surface area contributed by atoms with Crippen molar-refractivity contribution in [3.63, 3.8) is 0 Å². The van der Waals surface area contributed by atoms with E-state index in [0.717, 1.165) is 6.42 Å². The van der Waals surface area contributed by atoms with E-state index in [9.17, 15) is 0 Å². The van der Waals surface area contributed by atoms with Crippen LogP contribution in [0.25, 0.3) is 0 Å². The summed E-state index contributed by atoms with van der Waals surface area (Å²) in [5.41, 5.74) is 7.21. The minimum Gasteiger partial charge on any atom is -0.321 e. The van der Waals surface area contributed by atoms with Crippen molar-refractivity contribution in [2.45, 2.75) is 12.5 Å². The Kier molecular flexibility index (Phi) is 2.86. The van der Waals surface area contributed by atoms with Crippen molar-refractivity contribution in [2.75, 3.05) is 0 Å². The number of hydrogen-bond donors (Lipinski definition) is 1. The molecule has 0 radical (unpaired) electrons. The topological polar surface area (TPSA) is 51.8 Å². The molecule has 0 bridgehead atoms. The summed E-state index contributed by atoms with van der Waals surface area (Å²) >= 11 is 1.68. The highest BCUT2D eigenvalue weighted by atomic mass is 32.1. The monoisotopic (exact) mass is 205 g/mol. The van der Waals surface area contributed by atoms with E-state index in [4.69, 9.17) is 5.73 Å². The summed E-state index contributed by atoms with van der Waals surface area (Å²) in [7, 11) is 0. The Morgan fingerprint density at radius 2 is 2.14 bits per heavy atom. The van der Waals surface area contributed by atoms with Gasteiger partial charge in [0.2, 0.25) is 0 Å². The third-order valence-electron chi connectivity index (χ3n) is 1.95. The fourth-order valence-corrected chi connectivity index (χ4v) is 1.94. The smallest absolute Gasteiger partial charge is 0.145 e. The highest BCUT2D eigenvalue weighted by molar-refractivity contribution is 7.07. The Balaban J connectivity index is 2.07. The molecule has 2 rings (SSSR count). The first-order chi connectivity index (χ1) is 6.86. The molecule has 1 unspecified atom stereocenters. The van der Waals surface area contributed by atoms with Crippen LogP contribution in [0.5, 0.6) is 0 Å². The molecule has 2 aromatic heterocycles. The number of aromatic nitrogens is 2. The van der Waals surface area contributed by atoms with Crippen molar-refractivity contribution in [1.82, 2.24) is 9.97 Å². The lowest BCUT2D eigenvalue weighted by atomic mass is 10.1. The van der Waals surface area contributed by atoms with Gasteiger partial charge < -0.3 is 5.73 Å². The molecule has 2 heterocycles. The van der Waals surface area contributed by atoms with Gasteiger partial charge in [0.1, 0.15) is 5.82 Å². The highest BCUT2D eigenvalue weighted by Gasteiger charge is 2.09. The van der Waals surface area contributed by atoms with Crippen LogP contribution in [0, 0.1) is 0 Å². The number of thiophene rings is 1. The second kappa shape index (κ2) is 4.30. The van der Waals surface area contributed by atoms with Crippen LogP contribution in [0.1, 0.15) is 17.4 Å². The molecule has 0 aromatic carbocycles. The third-order valence-corrected chi connectivity index (χ3v) is 2.69. The van der Waals surface area contributed by atoms with Gasteiger partial charge >= 0.3 is 0 Å². The van der Waals surface area contributed by atoms with Gasteiger partial charge in [0.15, 0.2) is 0 Å². The molecule has 0 spiro atoms. The second-order valence-electron chi connectivity index (χ2n) is 3.05. The molecule has 0 saturated heterocycles. The molecule has 0 saturated carbocycles. The molecule has 0 amide bonds. The van der Waals surface area contributed by atoms with Crippen LogP contribution in [0.15, 0.2) is 35.3 Å². The van der Waals surface area contributed by atoms with E-state index in [1.807, 2.05) is 5.38 Å². The summed E-state index contributed by atoms with van der Waals surface area (Å²) in [5.74, 6) is 0.707. The van der Waals surface area contributed by atoms with E-state index in [0.29, 0.717) is 5.82 Å². The molecule has 1 atom stereocenters. The highest BCUT2D eigenvalue weighted by Crippen LogP contribution is 2.14. The number of nitrogens with two attached hydrogens (primary N) is 1. The van der Waals surface area contributed by atoms with Crippen molar-refractivity contribution >= 4 is 11.3 Å². The van der Waals surface area contributed by atoms with Gasteiger partial charge in [-0.15, -0.1) is 0 Å². The molecule has 0 aliphatic rings. The molecule has 0 aliphatic heterocycles. The van der Waals surface area contributed by atoms with Gasteiger partial charge in [0.05, 0.1) is 6.04 Å². The van der Waals surface area contributed by atoms with Crippen LogP contribution in [0.3, 0.4) is 0 Å². The molecule has 72 valence electrons. The molecule has 0 aliphatic carbocycles. The lowest BCUT2D eigenvalue weighted by Gasteiger charge is -2.07. The van der Waals surface area contributed by atoms with Gasteiger partial charge in [0.25, 0.3) is 0 Å². The maximum atomic E-state index is 5.97. The average Bonchev–Trinajstić information content (AvgIpc) is 2.72. The van der Waals surface area contributed by atoms with Gasteiger partial charge in [-0.3, -0.25) is 0 Å². The lowest BCUT2D eigenvalue weighted by molar-refractivity contribution is 0.668. The summed E-state index contributed by atoms with van der Waals surface area (Å²) in [6.07, 6.45) is 4.24. The third kappa shape index (κ3) is 2.16. The van der Waals surface area contributed by atoms with Gasteiger partial charge in [-0.05, 0) is 34.9 Å². The summed E-state index contributed by atoms with van der Waals surface area (Å²) < 4.78 is 0. The zero-order chi connectivity index (χ0) is 9.80.